The minimum atomic E-state index is -0.795. The van der Waals surface area contributed by atoms with Crippen molar-refractivity contribution in [2.24, 2.45) is 0 Å². The number of aliphatic carboxylic acids is 1. The van der Waals surface area contributed by atoms with Crippen molar-refractivity contribution in [3.05, 3.63) is 59.7 Å². The van der Waals surface area contributed by atoms with Gasteiger partial charge in [0.25, 0.3) is 5.24 Å². The van der Waals surface area contributed by atoms with Crippen molar-refractivity contribution >= 4 is 34.8 Å². The van der Waals surface area contributed by atoms with Gasteiger partial charge >= 0.3 is 17.9 Å². The molecule has 0 amide bonds. The lowest BCUT2D eigenvalue weighted by molar-refractivity contribution is -0.138. The highest BCUT2D eigenvalue weighted by atomic mass is 35.5. The third-order valence-corrected chi connectivity index (χ3v) is 5.63. The number of hydrogen-bond donors (Lipinski definition) is 3. The molecule has 2 rings (SSSR count). The number of hydrogen-bond acceptors (Lipinski definition) is 7. The Balaban J connectivity index is 0.000000610. The first-order chi connectivity index (χ1) is 18.6. The van der Waals surface area contributed by atoms with Gasteiger partial charge in [-0.1, -0.05) is 89.5 Å². The molecule has 216 valence electrons. The summed E-state index contributed by atoms with van der Waals surface area (Å²) in [6, 6.07) is 12.1. The Kier molecular flexibility index (Phi) is 20.6. The van der Waals surface area contributed by atoms with Crippen LogP contribution in [0.15, 0.2) is 48.5 Å². The number of benzene rings is 2. The highest BCUT2D eigenvalue weighted by Gasteiger charge is 2.15. The molecular formula is C30H41ClO8. The second-order valence-corrected chi connectivity index (χ2v) is 9.13. The molecule has 0 heterocycles. The van der Waals surface area contributed by atoms with Crippen LogP contribution in [0.2, 0.25) is 0 Å². The van der Waals surface area contributed by atoms with Crippen molar-refractivity contribution in [1.82, 2.24) is 0 Å². The predicted octanol–water partition coefficient (Wildman–Crippen LogP) is 7.64. The first-order valence-corrected chi connectivity index (χ1v) is 13.7. The van der Waals surface area contributed by atoms with E-state index in [1.807, 2.05) is 0 Å². The SMILES string of the molecule is CCCCCCCC(=O)O.CCCCCCCC(=O)OC(=O)c1ccccc1O.O=C(Cl)c1ccccc1O. The van der Waals surface area contributed by atoms with Crippen LogP contribution in [-0.4, -0.2) is 38.5 Å². The Labute approximate surface area is 236 Å². The molecule has 0 aromatic heterocycles. The second kappa shape index (κ2) is 22.6. The fourth-order valence-electron chi connectivity index (χ4n) is 3.25. The number of para-hydroxylation sites is 2. The number of carbonyl (C=O) groups excluding carboxylic acids is 3. The summed E-state index contributed by atoms with van der Waals surface area (Å²) in [6.07, 6.45) is 11.2. The fraction of sp³-hybridized carbons (Fsp3) is 0.467. The lowest BCUT2D eigenvalue weighted by atomic mass is 10.1. The van der Waals surface area contributed by atoms with E-state index < -0.39 is 23.2 Å². The Morgan fingerprint density at radius 1 is 0.667 bits per heavy atom. The maximum Gasteiger partial charge on any atom is 0.349 e. The first-order valence-electron chi connectivity index (χ1n) is 13.4. The minimum absolute atomic E-state index is 0.0156. The van der Waals surface area contributed by atoms with Gasteiger partial charge in [0.2, 0.25) is 0 Å². The van der Waals surface area contributed by atoms with E-state index in [1.165, 1.54) is 43.5 Å². The van der Waals surface area contributed by atoms with E-state index in [-0.39, 0.29) is 29.0 Å². The number of phenols is 2. The number of carbonyl (C=O) groups is 4. The molecule has 0 spiro atoms. The fourth-order valence-corrected chi connectivity index (χ4v) is 3.41. The van der Waals surface area contributed by atoms with E-state index in [9.17, 15) is 24.3 Å². The number of esters is 2. The van der Waals surface area contributed by atoms with Gasteiger partial charge in [0.15, 0.2) is 0 Å². The van der Waals surface area contributed by atoms with Crippen molar-refractivity contribution in [1.29, 1.82) is 0 Å². The van der Waals surface area contributed by atoms with E-state index in [0.29, 0.717) is 6.42 Å². The van der Waals surface area contributed by atoms with Gasteiger partial charge in [-0.2, -0.15) is 0 Å². The number of ether oxygens (including phenoxy) is 1. The van der Waals surface area contributed by atoms with Crippen molar-refractivity contribution in [2.75, 3.05) is 0 Å². The van der Waals surface area contributed by atoms with E-state index in [0.717, 1.165) is 44.9 Å². The summed E-state index contributed by atoms with van der Waals surface area (Å²) in [4.78, 5) is 43.6. The molecule has 0 radical (unpaired) electrons. The third kappa shape index (κ3) is 18.5. The largest absolute Gasteiger partial charge is 0.507 e. The van der Waals surface area contributed by atoms with Crippen molar-refractivity contribution in [3.63, 3.8) is 0 Å². The quantitative estimate of drug-likeness (QED) is 0.0920. The normalized spacial score (nSPS) is 9.82. The van der Waals surface area contributed by atoms with Crippen LogP contribution in [0.3, 0.4) is 0 Å². The van der Waals surface area contributed by atoms with Crippen LogP contribution in [-0.2, 0) is 14.3 Å². The average Bonchev–Trinajstić information content (AvgIpc) is 2.89. The molecule has 3 N–H and O–H groups in total. The van der Waals surface area contributed by atoms with Gasteiger partial charge in [-0.05, 0) is 48.7 Å². The molecule has 0 atom stereocenters. The molecule has 39 heavy (non-hydrogen) atoms. The summed E-state index contributed by atoms with van der Waals surface area (Å²) < 4.78 is 4.69. The second-order valence-electron chi connectivity index (χ2n) is 8.79. The van der Waals surface area contributed by atoms with Crippen molar-refractivity contribution in [2.45, 2.75) is 90.9 Å². The zero-order valence-corrected chi connectivity index (χ0v) is 23.6. The lowest BCUT2D eigenvalue weighted by Gasteiger charge is -2.04. The Bertz CT molecular complexity index is 1010. The molecule has 0 aliphatic heterocycles. The molecule has 2 aromatic rings. The molecule has 0 aliphatic carbocycles. The van der Waals surface area contributed by atoms with Gasteiger partial charge in [-0.15, -0.1) is 0 Å². The van der Waals surface area contributed by atoms with Gasteiger partial charge < -0.3 is 20.1 Å². The molecule has 0 unspecified atom stereocenters. The number of carboxylic acids is 1. The Morgan fingerprint density at radius 2 is 1.10 bits per heavy atom. The minimum Gasteiger partial charge on any atom is -0.507 e. The molecule has 0 aliphatic rings. The Morgan fingerprint density at radius 3 is 1.51 bits per heavy atom. The van der Waals surface area contributed by atoms with Gasteiger partial charge in [0.05, 0.1) is 5.56 Å². The highest BCUT2D eigenvalue weighted by Crippen LogP contribution is 2.18. The maximum absolute atomic E-state index is 11.6. The van der Waals surface area contributed by atoms with Crippen LogP contribution in [0.4, 0.5) is 0 Å². The lowest BCUT2D eigenvalue weighted by Crippen LogP contribution is -2.12. The summed E-state index contributed by atoms with van der Waals surface area (Å²) in [6.45, 7) is 4.27. The van der Waals surface area contributed by atoms with Gasteiger partial charge in [0.1, 0.15) is 17.1 Å². The van der Waals surface area contributed by atoms with E-state index in [2.05, 4.69) is 18.6 Å². The molecule has 0 saturated heterocycles. The molecule has 8 nitrogen and oxygen atoms in total. The van der Waals surface area contributed by atoms with Crippen LogP contribution in [0.1, 0.15) is 112 Å². The highest BCUT2D eigenvalue weighted by molar-refractivity contribution is 6.68. The smallest absolute Gasteiger partial charge is 0.349 e. The number of carboxylic acid groups (broad SMARTS) is 1. The summed E-state index contributed by atoms with van der Waals surface area (Å²) in [5.41, 5.74) is 0.158. The monoisotopic (exact) mass is 564 g/mol. The topological polar surface area (TPSA) is 138 Å². The number of halogens is 1. The van der Waals surface area contributed by atoms with Crippen LogP contribution >= 0.6 is 11.6 Å². The zero-order valence-electron chi connectivity index (χ0n) is 22.9. The number of phenolic OH excluding ortho intramolecular Hbond substituents is 2. The van der Waals surface area contributed by atoms with E-state index >= 15 is 0 Å². The number of rotatable bonds is 14. The molecule has 0 fully saturated rings. The molecule has 2 aromatic carbocycles. The number of unbranched alkanes of at least 4 members (excludes halogenated alkanes) is 8. The van der Waals surface area contributed by atoms with Gasteiger partial charge in [-0.25, -0.2) is 4.79 Å². The van der Waals surface area contributed by atoms with Crippen LogP contribution in [0, 0.1) is 0 Å². The summed E-state index contributed by atoms with van der Waals surface area (Å²) in [7, 11) is 0. The van der Waals surface area contributed by atoms with Gasteiger partial charge in [-0.3, -0.25) is 14.4 Å². The first kappa shape index (κ1) is 35.6. The predicted molar refractivity (Wildman–Crippen MR) is 151 cm³/mol. The summed E-state index contributed by atoms with van der Waals surface area (Å²) in [5.74, 6) is -2.26. The average molecular weight is 565 g/mol. The number of aromatic hydroxyl groups is 2. The maximum atomic E-state index is 11.6. The summed E-state index contributed by atoms with van der Waals surface area (Å²) in [5, 5.41) is 26.1. The molecule has 0 saturated carbocycles. The zero-order chi connectivity index (χ0) is 29.5. The van der Waals surface area contributed by atoms with Gasteiger partial charge in [0, 0.05) is 12.8 Å². The van der Waals surface area contributed by atoms with Crippen LogP contribution in [0.5, 0.6) is 11.5 Å². The molecule has 0 bridgehead atoms. The van der Waals surface area contributed by atoms with Crippen molar-refractivity contribution in [3.8, 4) is 11.5 Å². The standard InChI is InChI=1S/C15H20O4.C8H16O2.C7H5ClO2/c1-2-3-4-5-6-11-14(17)19-15(18)12-9-7-8-10-13(12)16;1-2-3-4-5-6-7-8(9)10;8-7(10)5-3-1-2-4-6(5)9/h7-10,16H,2-6,11H2,1H3;2-7H2,1H3,(H,9,10);1-4,9H. The van der Waals surface area contributed by atoms with Crippen molar-refractivity contribution < 1.29 is 39.2 Å². The molecule has 9 heteroatoms. The van der Waals surface area contributed by atoms with E-state index in [4.69, 9.17) is 21.8 Å². The third-order valence-electron chi connectivity index (χ3n) is 5.42. The van der Waals surface area contributed by atoms with Crippen LogP contribution in [0.25, 0.3) is 0 Å². The molecular weight excluding hydrogens is 524 g/mol. The van der Waals surface area contributed by atoms with E-state index in [1.54, 1.807) is 24.3 Å². The Hall–Kier alpha value is -3.39. The van der Waals surface area contributed by atoms with Crippen LogP contribution < -0.4 is 0 Å². The summed E-state index contributed by atoms with van der Waals surface area (Å²) >= 11 is 5.11.